The number of aliphatic carboxylic acids is 2. The van der Waals surface area contributed by atoms with Crippen LogP contribution in [0.4, 0.5) is 0 Å². The average molecular weight is 460 g/mol. The fraction of sp³-hybridized carbons (Fsp3) is 0.562. The molecule has 0 spiro atoms. The van der Waals surface area contributed by atoms with E-state index in [1.165, 1.54) is 0 Å². The molecule has 0 fully saturated rings. The van der Waals surface area contributed by atoms with Gasteiger partial charge in [-0.05, 0) is 12.8 Å². The Morgan fingerprint density at radius 3 is 1.91 bits per heavy atom. The summed E-state index contributed by atoms with van der Waals surface area (Å²) in [5.41, 5.74) is 20.9. The maximum atomic E-state index is 12.6. The van der Waals surface area contributed by atoms with Gasteiger partial charge in [-0.3, -0.25) is 33.8 Å². The Kier molecular flexibility index (Phi) is 12.4. The molecule has 0 aliphatic carbocycles. The van der Waals surface area contributed by atoms with Gasteiger partial charge >= 0.3 is 11.9 Å². The van der Waals surface area contributed by atoms with Crippen molar-refractivity contribution in [3.05, 3.63) is 0 Å². The fourth-order valence-electron chi connectivity index (χ4n) is 2.30. The number of nitrogens with two attached hydrogens (primary N) is 4. The van der Waals surface area contributed by atoms with Gasteiger partial charge in [0, 0.05) is 6.54 Å². The molecular formula is C16H28N8O8. The van der Waals surface area contributed by atoms with E-state index in [0.29, 0.717) is 0 Å². The second-order valence-electron chi connectivity index (χ2n) is 6.56. The van der Waals surface area contributed by atoms with Crippen LogP contribution >= 0.6 is 0 Å². The summed E-state index contributed by atoms with van der Waals surface area (Å²) in [6, 6.07) is -4.34. The predicted octanol–water partition coefficient (Wildman–Crippen LogP) is -5.11. The summed E-state index contributed by atoms with van der Waals surface area (Å²) in [6.07, 6.45) is -1.22. The first kappa shape index (κ1) is 28.1. The van der Waals surface area contributed by atoms with E-state index in [4.69, 9.17) is 33.1 Å². The number of carbonyl (C=O) groups is 6. The first-order valence-corrected chi connectivity index (χ1v) is 9.24. The number of nitrogens with zero attached hydrogens (tertiary/aromatic N) is 1. The lowest BCUT2D eigenvalue weighted by molar-refractivity contribution is -0.140. The molecule has 0 aromatic carbocycles. The second kappa shape index (κ2) is 14.1. The molecule has 180 valence electrons. The third kappa shape index (κ3) is 12.6. The number of amides is 4. The van der Waals surface area contributed by atoms with Crippen LogP contribution in [0.25, 0.3) is 0 Å². The molecule has 16 heteroatoms. The molecule has 0 radical (unpaired) electrons. The summed E-state index contributed by atoms with van der Waals surface area (Å²) >= 11 is 0. The summed E-state index contributed by atoms with van der Waals surface area (Å²) in [5, 5.41) is 23.9. The maximum absolute atomic E-state index is 12.6. The molecule has 0 saturated heterocycles. The van der Waals surface area contributed by atoms with Gasteiger partial charge in [0.25, 0.3) is 0 Å². The molecule has 0 rings (SSSR count). The number of rotatable bonds is 15. The molecule has 0 aliphatic rings. The van der Waals surface area contributed by atoms with Crippen LogP contribution in [0.5, 0.6) is 0 Å². The summed E-state index contributed by atoms with van der Waals surface area (Å²) in [5.74, 6) is -6.74. The average Bonchev–Trinajstić information content (AvgIpc) is 2.66. The molecule has 4 amide bonds. The molecule has 13 N–H and O–H groups in total. The highest BCUT2D eigenvalue weighted by molar-refractivity contribution is 5.96. The largest absolute Gasteiger partial charge is 0.481 e. The number of carbonyl (C=O) groups excluding carboxylic acids is 4. The lowest BCUT2D eigenvalue weighted by atomic mass is 10.1. The van der Waals surface area contributed by atoms with Gasteiger partial charge in [-0.1, -0.05) is 0 Å². The fourth-order valence-corrected chi connectivity index (χ4v) is 2.30. The van der Waals surface area contributed by atoms with Crippen LogP contribution < -0.4 is 38.9 Å². The van der Waals surface area contributed by atoms with Crippen molar-refractivity contribution in [2.24, 2.45) is 27.9 Å². The molecule has 0 saturated carbocycles. The van der Waals surface area contributed by atoms with E-state index >= 15 is 0 Å². The number of carboxylic acids is 2. The van der Waals surface area contributed by atoms with Gasteiger partial charge in [0.15, 0.2) is 5.96 Å². The summed E-state index contributed by atoms with van der Waals surface area (Å²) in [7, 11) is 0. The molecule has 3 unspecified atom stereocenters. The summed E-state index contributed by atoms with van der Waals surface area (Å²) in [4.78, 5) is 73.3. The third-order valence-corrected chi connectivity index (χ3v) is 3.76. The molecule has 16 nitrogen and oxygen atoms in total. The molecule has 3 atom stereocenters. The van der Waals surface area contributed by atoms with Crippen LogP contribution in [0.2, 0.25) is 0 Å². The van der Waals surface area contributed by atoms with Gasteiger partial charge in [-0.15, -0.1) is 0 Å². The number of guanidine groups is 1. The highest BCUT2D eigenvalue weighted by atomic mass is 16.4. The lowest BCUT2D eigenvalue weighted by Gasteiger charge is -2.23. The number of nitrogens with one attached hydrogen (secondary N) is 3. The second-order valence-corrected chi connectivity index (χ2v) is 6.56. The first-order valence-electron chi connectivity index (χ1n) is 9.24. The quantitative estimate of drug-likeness (QED) is 0.0632. The zero-order chi connectivity index (χ0) is 24.8. The van der Waals surface area contributed by atoms with Crippen LogP contribution in [0.15, 0.2) is 4.99 Å². The third-order valence-electron chi connectivity index (χ3n) is 3.76. The van der Waals surface area contributed by atoms with Crippen molar-refractivity contribution in [1.29, 1.82) is 0 Å². The van der Waals surface area contributed by atoms with Gasteiger partial charge in [0.2, 0.25) is 23.6 Å². The van der Waals surface area contributed by atoms with E-state index in [1.54, 1.807) is 0 Å². The van der Waals surface area contributed by atoms with Crippen molar-refractivity contribution in [3.8, 4) is 0 Å². The molecule has 0 aromatic rings. The van der Waals surface area contributed by atoms with Crippen molar-refractivity contribution in [2.75, 3.05) is 13.1 Å². The van der Waals surface area contributed by atoms with E-state index in [2.05, 4.69) is 20.9 Å². The molecule has 0 aromatic heterocycles. The van der Waals surface area contributed by atoms with Gasteiger partial charge in [-0.25, -0.2) is 0 Å². The Morgan fingerprint density at radius 1 is 0.812 bits per heavy atom. The lowest BCUT2D eigenvalue weighted by Crippen LogP contribution is -2.57. The maximum Gasteiger partial charge on any atom is 0.322 e. The first-order chi connectivity index (χ1) is 14.8. The van der Waals surface area contributed by atoms with Crippen molar-refractivity contribution < 1.29 is 39.0 Å². The zero-order valence-corrected chi connectivity index (χ0v) is 17.1. The minimum Gasteiger partial charge on any atom is -0.481 e. The number of hydrogen-bond donors (Lipinski definition) is 9. The molecule has 0 heterocycles. The highest BCUT2D eigenvalue weighted by Crippen LogP contribution is 2.02. The Hall–Kier alpha value is -3.95. The van der Waals surface area contributed by atoms with Crippen LogP contribution in [-0.4, -0.2) is 83.0 Å². The summed E-state index contributed by atoms with van der Waals surface area (Å²) < 4.78 is 0. The monoisotopic (exact) mass is 460 g/mol. The minimum absolute atomic E-state index is 0.0241. The van der Waals surface area contributed by atoms with Crippen molar-refractivity contribution in [3.63, 3.8) is 0 Å². The van der Waals surface area contributed by atoms with E-state index in [0.717, 1.165) is 0 Å². The molecular weight excluding hydrogens is 432 g/mol. The van der Waals surface area contributed by atoms with Crippen LogP contribution in [0.1, 0.15) is 25.7 Å². The topological polar surface area (TPSA) is 295 Å². The van der Waals surface area contributed by atoms with Gasteiger partial charge in [-0.2, -0.15) is 0 Å². The Bertz CT molecular complexity index is 752. The van der Waals surface area contributed by atoms with E-state index < -0.39 is 73.1 Å². The Balaban J connectivity index is 5.35. The zero-order valence-electron chi connectivity index (χ0n) is 17.1. The minimum atomic E-state index is -1.56. The van der Waals surface area contributed by atoms with Crippen LogP contribution in [0, 0.1) is 0 Å². The van der Waals surface area contributed by atoms with Gasteiger partial charge in [0.05, 0.1) is 18.9 Å². The standard InChI is InChI=1S/C16H28N8O8/c17-7(4-11(26)27)13(30)24-9(5-10(18)25)15(32)23-8(2-1-3-21-16(19)20)14(31)22-6-12(28)29/h7-9H,1-6,17H2,(H2,18,25)(H,22,31)(H,23,32)(H,24,30)(H,26,27)(H,28,29)(H4,19,20,21). The van der Waals surface area contributed by atoms with Crippen molar-refractivity contribution >= 4 is 41.5 Å². The smallest absolute Gasteiger partial charge is 0.322 e. The number of aliphatic imine (C=N–C) groups is 1. The highest BCUT2D eigenvalue weighted by Gasteiger charge is 2.29. The van der Waals surface area contributed by atoms with Crippen LogP contribution in [-0.2, 0) is 28.8 Å². The van der Waals surface area contributed by atoms with Crippen LogP contribution in [0.3, 0.4) is 0 Å². The number of hydrogen-bond acceptors (Lipinski definition) is 8. The Morgan fingerprint density at radius 2 is 1.41 bits per heavy atom. The Labute approximate surface area is 182 Å². The molecule has 0 bridgehead atoms. The number of carboxylic acid groups (broad SMARTS) is 2. The van der Waals surface area contributed by atoms with Gasteiger partial charge in [0.1, 0.15) is 18.6 Å². The van der Waals surface area contributed by atoms with E-state index in [-0.39, 0.29) is 25.3 Å². The summed E-state index contributed by atoms with van der Waals surface area (Å²) in [6.45, 7) is -0.614. The van der Waals surface area contributed by atoms with E-state index in [1.807, 2.05) is 0 Å². The molecule has 32 heavy (non-hydrogen) atoms. The van der Waals surface area contributed by atoms with Crippen molar-refractivity contribution in [2.45, 2.75) is 43.8 Å². The number of primary amides is 1. The molecule has 0 aliphatic heterocycles. The SMILES string of the molecule is NC(=O)CC(NC(=O)C(N)CC(=O)O)C(=O)NC(CCCN=C(N)N)C(=O)NCC(=O)O. The van der Waals surface area contributed by atoms with Crippen molar-refractivity contribution in [1.82, 2.24) is 16.0 Å². The van der Waals surface area contributed by atoms with Gasteiger partial charge < -0.3 is 49.1 Å². The predicted molar refractivity (Wildman–Crippen MR) is 108 cm³/mol. The van der Waals surface area contributed by atoms with E-state index in [9.17, 15) is 28.8 Å². The normalized spacial score (nSPS) is 13.0.